The van der Waals surface area contributed by atoms with Crippen molar-refractivity contribution < 1.29 is 29.3 Å². The van der Waals surface area contributed by atoms with Crippen LogP contribution in [-0.2, 0) is 9.59 Å². The summed E-state index contributed by atoms with van der Waals surface area (Å²) in [5.74, 6) is -1.48. The molecule has 0 bridgehead atoms. The molecular formula is C28H22BrClN2O6S. The highest BCUT2D eigenvalue weighted by molar-refractivity contribution is 9.10. The Kier molecular flexibility index (Phi) is 7.53. The van der Waals surface area contributed by atoms with E-state index < -0.39 is 17.7 Å². The number of phenolic OH excluding ortho intramolecular Hbond substituents is 1. The smallest absolute Gasteiger partial charge is 0.301 e. The molecule has 8 nitrogen and oxygen atoms in total. The van der Waals surface area contributed by atoms with Crippen LogP contribution in [0.15, 0.2) is 64.6 Å². The van der Waals surface area contributed by atoms with E-state index in [0.717, 1.165) is 11.1 Å². The van der Waals surface area contributed by atoms with Gasteiger partial charge in [0.2, 0.25) is 0 Å². The molecule has 1 aromatic heterocycles. The van der Waals surface area contributed by atoms with Gasteiger partial charge in [-0.15, -0.1) is 0 Å². The predicted molar refractivity (Wildman–Crippen MR) is 154 cm³/mol. The highest BCUT2D eigenvalue weighted by Gasteiger charge is 2.48. The molecule has 3 aromatic carbocycles. The van der Waals surface area contributed by atoms with Gasteiger partial charge in [0.05, 0.1) is 40.0 Å². The molecule has 5 rings (SSSR count). The van der Waals surface area contributed by atoms with Crippen LogP contribution < -0.4 is 14.4 Å². The second-order valence-electron chi connectivity index (χ2n) is 8.70. The van der Waals surface area contributed by atoms with Crippen molar-refractivity contribution in [1.29, 1.82) is 0 Å². The zero-order chi connectivity index (χ0) is 27.8. The lowest BCUT2D eigenvalue weighted by Crippen LogP contribution is -2.29. The van der Waals surface area contributed by atoms with Gasteiger partial charge < -0.3 is 19.7 Å². The number of amides is 1. The van der Waals surface area contributed by atoms with E-state index in [1.54, 1.807) is 48.5 Å². The third kappa shape index (κ3) is 4.95. The fourth-order valence-corrected chi connectivity index (χ4v) is 6.05. The first-order chi connectivity index (χ1) is 18.7. The average Bonchev–Trinajstić information content (AvgIpc) is 3.46. The number of halogens is 2. The van der Waals surface area contributed by atoms with Crippen molar-refractivity contribution in [2.24, 2.45) is 0 Å². The van der Waals surface area contributed by atoms with Gasteiger partial charge in [0.15, 0.2) is 16.6 Å². The van der Waals surface area contributed by atoms with Gasteiger partial charge in [0.1, 0.15) is 11.5 Å². The molecule has 1 aliphatic heterocycles. The summed E-state index contributed by atoms with van der Waals surface area (Å²) >= 11 is 10.7. The first-order valence-corrected chi connectivity index (χ1v) is 13.9. The molecule has 2 N–H and O–H groups in total. The number of ether oxygens (including phenoxy) is 2. The number of phenols is 1. The van der Waals surface area contributed by atoms with Crippen molar-refractivity contribution >= 4 is 71.7 Å². The first kappa shape index (κ1) is 27.0. The van der Waals surface area contributed by atoms with Crippen LogP contribution in [0.4, 0.5) is 5.13 Å². The summed E-state index contributed by atoms with van der Waals surface area (Å²) in [6.07, 6.45) is 0.842. The summed E-state index contributed by atoms with van der Waals surface area (Å²) in [7, 11) is 1.39. The van der Waals surface area contributed by atoms with Crippen LogP contribution in [0, 0.1) is 0 Å². The van der Waals surface area contributed by atoms with E-state index in [4.69, 9.17) is 21.1 Å². The van der Waals surface area contributed by atoms with Gasteiger partial charge >= 0.3 is 5.91 Å². The molecule has 0 aliphatic carbocycles. The monoisotopic (exact) mass is 628 g/mol. The number of aliphatic hydroxyl groups is 1. The van der Waals surface area contributed by atoms with Gasteiger partial charge in [-0.1, -0.05) is 29.9 Å². The van der Waals surface area contributed by atoms with Crippen LogP contribution in [0.1, 0.15) is 30.5 Å². The normalized spacial score (nSPS) is 16.7. The Morgan fingerprint density at radius 1 is 1.15 bits per heavy atom. The number of thiazole rings is 1. The number of anilines is 1. The number of carbonyl (C=O) groups excluding carboxylic acids is 2. The zero-order valence-electron chi connectivity index (χ0n) is 20.8. The fourth-order valence-electron chi connectivity index (χ4n) is 4.33. The van der Waals surface area contributed by atoms with Crippen molar-refractivity contribution in [2.75, 3.05) is 18.6 Å². The lowest BCUT2D eigenvalue weighted by atomic mass is 9.95. The lowest BCUT2D eigenvalue weighted by molar-refractivity contribution is -0.132. The van der Waals surface area contributed by atoms with E-state index in [0.29, 0.717) is 34.0 Å². The number of aromatic hydroxyl groups is 1. The van der Waals surface area contributed by atoms with E-state index in [-0.39, 0.29) is 32.4 Å². The number of aromatic nitrogens is 1. The molecule has 1 fully saturated rings. The first-order valence-electron chi connectivity index (χ1n) is 11.9. The van der Waals surface area contributed by atoms with Crippen LogP contribution in [0.2, 0.25) is 5.02 Å². The van der Waals surface area contributed by atoms with Crippen LogP contribution in [0.5, 0.6) is 17.2 Å². The third-order valence-electron chi connectivity index (χ3n) is 6.18. The quantitative estimate of drug-likeness (QED) is 0.131. The number of carbonyl (C=O) groups is 2. The minimum absolute atomic E-state index is 0.124. The summed E-state index contributed by atoms with van der Waals surface area (Å²) in [6.45, 7) is 2.54. The molecule has 200 valence electrons. The molecule has 0 spiro atoms. The Labute approximate surface area is 241 Å². The Balaban J connectivity index is 1.70. The molecule has 1 unspecified atom stereocenters. The van der Waals surface area contributed by atoms with E-state index in [2.05, 4.69) is 20.9 Å². The highest BCUT2D eigenvalue weighted by atomic mass is 79.9. The Hall–Kier alpha value is -3.60. The highest BCUT2D eigenvalue weighted by Crippen LogP contribution is 2.47. The molecule has 1 aliphatic rings. The maximum Gasteiger partial charge on any atom is 0.301 e. The van der Waals surface area contributed by atoms with Crippen LogP contribution in [0.3, 0.4) is 0 Å². The van der Waals surface area contributed by atoms with Crippen LogP contribution in [0.25, 0.3) is 16.0 Å². The van der Waals surface area contributed by atoms with E-state index in [1.165, 1.54) is 29.4 Å². The van der Waals surface area contributed by atoms with Crippen molar-refractivity contribution in [3.63, 3.8) is 0 Å². The number of methoxy groups -OCH3 is 1. The largest absolute Gasteiger partial charge is 0.507 e. The summed E-state index contributed by atoms with van der Waals surface area (Å²) < 4.78 is 12.0. The standard InChI is InChI=1S/C28H22BrClN2O6S/c1-3-10-38-17-7-4-14(5-8-17)24(33)22-23(15-11-18(29)25(34)20(12-15)37-2)32(27(36)26(22)35)28-31-19-9-6-16(30)13-21(19)39-28/h4-9,11-13,23,33-34H,3,10H2,1-2H3. The SMILES string of the molecule is CCCOc1ccc(C(O)=C2C(=O)C(=O)N(c3nc4ccc(Cl)cc4s3)C2c2cc(Br)c(O)c(OC)c2)cc1. The van der Waals surface area contributed by atoms with E-state index >= 15 is 0 Å². The minimum atomic E-state index is -1.07. The van der Waals surface area contributed by atoms with Gasteiger partial charge in [-0.25, -0.2) is 4.98 Å². The zero-order valence-corrected chi connectivity index (χ0v) is 23.9. The Morgan fingerprint density at radius 3 is 2.59 bits per heavy atom. The molecule has 2 heterocycles. The molecule has 1 amide bonds. The number of hydrogen-bond acceptors (Lipinski definition) is 8. The van der Waals surface area contributed by atoms with E-state index in [1.807, 2.05) is 6.92 Å². The lowest BCUT2D eigenvalue weighted by Gasteiger charge is -2.24. The number of hydrogen-bond donors (Lipinski definition) is 2. The predicted octanol–water partition coefficient (Wildman–Crippen LogP) is 6.84. The third-order valence-corrected chi connectivity index (χ3v) is 8.03. The molecule has 39 heavy (non-hydrogen) atoms. The number of benzene rings is 3. The maximum absolute atomic E-state index is 13.5. The number of fused-ring (bicyclic) bond motifs is 1. The van der Waals surface area contributed by atoms with Gasteiger partial charge in [-0.05, 0) is 82.5 Å². The van der Waals surface area contributed by atoms with Crippen molar-refractivity contribution in [3.8, 4) is 17.2 Å². The van der Waals surface area contributed by atoms with Crippen molar-refractivity contribution in [3.05, 3.63) is 80.8 Å². The molecule has 1 saturated heterocycles. The van der Waals surface area contributed by atoms with Gasteiger partial charge in [-0.3, -0.25) is 14.5 Å². The second kappa shape index (κ2) is 10.9. The molecule has 0 radical (unpaired) electrons. The van der Waals surface area contributed by atoms with Gasteiger partial charge in [-0.2, -0.15) is 0 Å². The summed E-state index contributed by atoms with van der Waals surface area (Å²) in [5.41, 5.74) is 1.23. The van der Waals surface area contributed by atoms with Crippen molar-refractivity contribution in [2.45, 2.75) is 19.4 Å². The number of Topliss-reactive ketones (excluding diaryl/α,β-unsaturated/α-hetero) is 1. The number of rotatable bonds is 7. The van der Waals surface area contributed by atoms with Gasteiger partial charge in [0.25, 0.3) is 5.78 Å². The second-order valence-corrected chi connectivity index (χ2v) is 11.0. The number of ketones is 1. The topological polar surface area (TPSA) is 109 Å². The number of aliphatic hydroxyl groups excluding tert-OH is 1. The average molecular weight is 630 g/mol. The number of nitrogens with zero attached hydrogens (tertiary/aromatic N) is 2. The molecule has 0 saturated carbocycles. The Morgan fingerprint density at radius 2 is 1.90 bits per heavy atom. The molecular weight excluding hydrogens is 608 g/mol. The molecule has 1 atom stereocenters. The Bertz CT molecular complexity index is 1640. The van der Waals surface area contributed by atoms with Crippen LogP contribution >= 0.6 is 38.9 Å². The van der Waals surface area contributed by atoms with Gasteiger partial charge in [0, 0.05) is 10.6 Å². The van der Waals surface area contributed by atoms with Crippen LogP contribution in [-0.4, -0.2) is 40.6 Å². The summed E-state index contributed by atoms with van der Waals surface area (Å²) in [6, 6.07) is 13.8. The van der Waals surface area contributed by atoms with Crippen molar-refractivity contribution in [1.82, 2.24) is 4.98 Å². The molecule has 4 aromatic rings. The fraction of sp³-hybridized carbons (Fsp3) is 0.179. The minimum Gasteiger partial charge on any atom is -0.507 e. The summed E-state index contributed by atoms with van der Waals surface area (Å²) in [4.78, 5) is 32.9. The maximum atomic E-state index is 13.5. The van der Waals surface area contributed by atoms with E-state index in [9.17, 15) is 19.8 Å². The molecule has 11 heteroatoms. The summed E-state index contributed by atoms with van der Waals surface area (Å²) in [5, 5.41) is 22.6.